The van der Waals surface area contributed by atoms with E-state index in [9.17, 15) is 9.59 Å². The number of rotatable bonds is 4. The molecule has 30 heavy (non-hydrogen) atoms. The number of amides is 2. The molecule has 1 heterocycles. The summed E-state index contributed by atoms with van der Waals surface area (Å²) in [7, 11) is 0. The third kappa shape index (κ3) is 9.73. The van der Waals surface area contributed by atoms with Gasteiger partial charge in [-0.05, 0) is 23.3 Å². The topological polar surface area (TPSA) is 183 Å². The normalized spacial score (nSPS) is 9.43. The average molecular weight is 455 g/mol. The van der Waals surface area contributed by atoms with Gasteiger partial charge in [0.15, 0.2) is 0 Å². The molecule has 0 saturated carbocycles. The molecule has 0 bridgehead atoms. The number of aromatic nitrogens is 2. The van der Waals surface area contributed by atoms with Crippen LogP contribution in [0.25, 0.3) is 0 Å². The third-order valence-corrected chi connectivity index (χ3v) is 3.96. The molecule has 2 aromatic carbocycles. The molecule has 0 aliphatic heterocycles. The zero-order valence-corrected chi connectivity index (χ0v) is 17.1. The molecule has 0 unspecified atom stereocenters. The number of benzene rings is 2. The molecule has 12 heteroatoms. The van der Waals surface area contributed by atoms with Crippen LogP contribution in [0.1, 0.15) is 17.0 Å². The van der Waals surface area contributed by atoms with Gasteiger partial charge in [-0.1, -0.05) is 64.7 Å². The highest BCUT2D eigenvalue weighted by atomic mass is 35.5. The van der Waals surface area contributed by atoms with Crippen LogP contribution in [0.2, 0.25) is 10.0 Å². The van der Waals surface area contributed by atoms with E-state index in [1.807, 2.05) is 24.3 Å². The molecule has 0 atom stereocenters. The number of carbonyl (C=O) groups is 2. The Labute approximate surface area is 181 Å². The van der Waals surface area contributed by atoms with Crippen LogP contribution in [0.4, 0.5) is 10.8 Å². The van der Waals surface area contributed by atoms with Crippen molar-refractivity contribution in [3.63, 3.8) is 0 Å². The Morgan fingerprint density at radius 3 is 1.90 bits per heavy atom. The molecule has 8 N–H and O–H groups in total. The van der Waals surface area contributed by atoms with Crippen molar-refractivity contribution in [1.29, 1.82) is 0 Å². The van der Waals surface area contributed by atoms with Crippen LogP contribution in [-0.2, 0) is 17.6 Å². The Balaban J connectivity index is 0.000000251. The van der Waals surface area contributed by atoms with Crippen molar-refractivity contribution in [2.45, 2.75) is 12.8 Å². The highest BCUT2D eigenvalue weighted by molar-refractivity contribution is 6.31. The Bertz CT molecular complexity index is 967. The summed E-state index contributed by atoms with van der Waals surface area (Å²) < 4.78 is 5.04. The molecule has 0 aliphatic carbocycles. The lowest BCUT2D eigenvalue weighted by Crippen LogP contribution is -2.34. The fourth-order valence-electron chi connectivity index (χ4n) is 1.95. The molecule has 0 spiro atoms. The predicted molar refractivity (Wildman–Crippen MR) is 113 cm³/mol. The minimum Gasteiger partial charge on any atom is -0.481 e. The van der Waals surface area contributed by atoms with E-state index >= 15 is 0 Å². The number of carboxylic acid groups (broad SMARTS) is 1. The monoisotopic (exact) mass is 454 g/mol. The van der Waals surface area contributed by atoms with Crippen molar-refractivity contribution in [1.82, 2.24) is 15.6 Å². The highest BCUT2D eigenvalue weighted by Crippen LogP contribution is 2.18. The Morgan fingerprint density at radius 2 is 1.50 bits per heavy atom. The number of nitrogens with zero attached hydrogens (tertiary/aromatic N) is 2. The lowest BCUT2D eigenvalue weighted by atomic mass is 10.1. The van der Waals surface area contributed by atoms with Crippen molar-refractivity contribution in [2.75, 3.05) is 5.73 Å². The first-order chi connectivity index (χ1) is 14.2. The van der Waals surface area contributed by atoms with Crippen LogP contribution < -0.4 is 22.7 Å². The molecule has 2 amide bonds. The van der Waals surface area contributed by atoms with E-state index in [4.69, 9.17) is 38.5 Å². The van der Waals surface area contributed by atoms with Gasteiger partial charge in [0.2, 0.25) is 5.89 Å². The van der Waals surface area contributed by atoms with E-state index in [0.29, 0.717) is 27.9 Å². The van der Waals surface area contributed by atoms with Crippen LogP contribution in [-0.4, -0.2) is 27.3 Å². The summed E-state index contributed by atoms with van der Waals surface area (Å²) in [5.41, 5.74) is 13.0. The van der Waals surface area contributed by atoms with Crippen LogP contribution in [0, 0.1) is 0 Å². The standard InChI is InChI=1S/C9H8ClN3O.C8H7ClO2.CH5N3O/c10-7-4-2-1-3-6(7)5-8-12-13-9(11)14-8;9-7-4-2-1-3-6(7)5-8(10)11;2-1(5)4-3/h1-4H,5H2,(H2,11,13);1-4H,5H2,(H,10,11);3H2,(H3,2,4,5). The number of carboxylic acids is 1. The molecule has 3 rings (SSSR count). The van der Waals surface area contributed by atoms with Gasteiger partial charge >= 0.3 is 18.0 Å². The molecule has 0 radical (unpaired) electrons. The molecule has 0 aliphatic rings. The number of hydrazine groups is 1. The van der Waals surface area contributed by atoms with Crippen molar-refractivity contribution >= 4 is 41.2 Å². The van der Waals surface area contributed by atoms with Gasteiger partial charge < -0.3 is 21.0 Å². The van der Waals surface area contributed by atoms with Crippen LogP contribution in [0.15, 0.2) is 52.9 Å². The van der Waals surface area contributed by atoms with Crippen LogP contribution in [0.5, 0.6) is 0 Å². The number of hydrogen-bond donors (Lipinski definition) is 5. The highest BCUT2D eigenvalue weighted by Gasteiger charge is 2.06. The summed E-state index contributed by atoms with van der Waals surface area (Å²) in [4.78, 5) is 19.6. The molecule has 0 saturated heterocycles. The molecule has 160 valence electrons. The fourth-order valence-corrected chi connectivity index (χ4v) is 2.35. The second kappa shape index (κ2) is 13.0. The number of urea groups is 1. The van der Waals surface area contributed by atoms with Gasteiger partial charge in [-0.3, -0.25) is 10.2 Å². The maximum absolute atomic E-state index is 10.3. The Hall–Kier alpha value is -3.34. The summed E-state index contributed by atoms with van der Waals surface area (Å²) in [6.45, 7) is 0. The van der Waals surface area contributed by atoms with Gasteiger partial charge in [0.1, 0.15) is 0 Å². The van der Waals surface area contributed by atoms with Crippen molar-refractivity contribution in [3.05, 3.63) is 75.6 Å². The minimum atomic E-state index is -0.863. The first kappa shape index (κ1) is 24.7. The maximum Gasteiger partial charge on any atom is 0.326 e. The second-order valence-electron chi connectivity index (χ2n) is 5.47. The number of hydrogen-bond acceptors (Lipinski definition) is 7. The van der Waals surface area contributed by atoms with Gasteiger partial charge in [0.25, 0.3) is 0 Å². The lowest BCUT2D eigenvalue weighted by Gasteiger charge is -1.98. The molecule has 3 aromatic rings. The van der Waals surface area contributed by atoms with Gasteiger partial charge in [-0.25, -0.2) is 10.6 Å². The molecular weight excluding hydrogens is 435 g/mol. The third-order valence-electron chi connectivity index (χ3n) is 3.22. The van der Waals surface area contributed by atoms with E-state index in [-0.39, 0.29) is 12.4 Å². The molecule has 1 aromatic heterocycles. The van der Waals surface area contributed by atoms with Crippen molar-refractivity contribution in [2.24, 2.45) is 11.6 Å². The Morgan fingerprint density at radius 1 is 1.00 bits per heavy atom. The smallest absolute Gasteiger partial charge is 0.326 e. The van der Waals surface area contributed by atoms with E-state index in [1.54, 1.807) is 29.7 Å². The van der Waals surface area contributed by atoms with Gasteiger partial charge in [0.05, 0.1) is 12.8 Å². The van der Waals surface area contributed by atoms with E-state index in [1.165, 1.54) is 0 Å². The number of primary amides is 1. The zero-order valence-electron chi connectivity index (χ0n) is 15.6. The SMILES string of the molecule is NNC(N)=O.Nc1nnc(Cc2ccccc2Cl)o1.O=C(O)Cc1ccccc1Cl. The Kier molecular flexibility index (Phi) is 10.7. The quantitative estimate of drug-likeness (QED) is 0.226. The molecular formula is C18H20Cl2N6O4. The molecule has 0 fully saturated rings. The number of carbonyl (C=O) groups excluding carboxylic acids is 1. The van der Waals surface area contributed by atoms with Gasteiger partial charge in [0, 0.05) is 10.0 Å². The number of halogens is 2. The summed E-state index contributed by atoms with van der Waals surface area (Å²) >= 11 is 11.7. The second-order valence-corrected chi connectivity index (χ2v) is 6.29. The average Bonchev–Trinajstić information content (AvgIpc) is 3.11. The van der Waals surface area contributed by atoms with E-state index in [0.717, 1.165) is 5.56 Å². The van der Waals surface area contributed by atoms with Gasteiger partial charge in [-0.2, -0.15) is 0 Å². The zero-order chi connectivity index (χ0) is 22.5. The number of nitrogen functional groups attached to an aromatic ring is 1. The summed E-state index contributed by atoms with van der Waals surface area (Å²) in [6, 6.07) is 13.8. The van der Waals surface area contributed by atoms with E-state index in [2.05, 4.69) is 21.8 Å². The van der Waals surface area contributed by atoms with Crippen LogP contribution in [0.3, 0.4) is 0 Å². The lowest BCUT2D eigenvalue weighted by molar-refractivity contribution is -0.136. The summed E-state index contributed by atoms with van der Waals surface area (Å²) in [5.74, 6) is 4.05. The number of aliphatic carboxylic acids is 1. The maximum atomic E-state index is 10.3. The van der Waals surface area contributed by atoms with Gasteiger partial charge in [-0.15, -0.1) is 5.10 Å². The minimum absolute atomic E-state index is 0.0142. The first-order valence-corrected chi connectivity index (χ1v) is 9.01. The fraction of sp³-hybridized carbons (Fsp3) is 0.111. The van der Waals surface area contributed by atoms with Crippen molar-refractivity contribution in [3.8, 4) is 0 Å². The number of anilines is 1. The summed E-state index contributed by atoms with van der Waals surface area (Å²) in [6.07, 6.45) is 0.490. The predicted octanol–water partition coefficient (Wildman–Crippen LogP) is 2.39. The molecule has 10 nitrogen and oxygen atoms in total. The van der Waals surface area contributed by atoms with Crippen LogP contribution >= 0.6 is 23.2 Å². The van der Waals surface area contributed by atoms with Crippen molar-refractivity contribution < 1.29 is 19.1 Å². The first-order valence-electron chi connectivity index (χ1n) is 8.25. The van der Waals surface area contributed by atoms with E-state index < -0.39 is 12.0 Å². The number of nitrogens with two attached hydrogens (primary N) is 3. The largest absolute Gasteiger partial charge is 0.481 e. The number of nitrogens with one attached hydrogen (secondary N) is 1. The summed E-state index contributed by atoms with van der Waals surface area (Å²) in [5, 5.41) is 16.9.